The summed E-state index contributed by atoms with van der Waals surface area (Å²) >= 11 is 5.70. The van der Waals surface area contributed by atoms with Crippen LogP contribution < -0.4 is 9.44 Å². The van der Waals surface area contributed by atoms with Crippen molar-refractivity contribution in [3.63, 3.8) is 0 Å². The topological polar surface area (TPSA) is 92.3 Å². The van der Waals surface area contributed by atoms with E-state index >= 15 is 0 Å². The first-order chi connectivity index (χ1) is 8.77. The molecule has 1 aromatic carbocycles. The highest BCUT2D eigenvalue weighted by atomic mass is 35.5. The van der Waals surface area contributed by atoms with Gasteiger partial charge in [-0.1, -0.05) is 24.2 Å². The summed E-state index contributed by atoms with van der Waals surface area (Å²) in [5.74, 6) is 0. The first-order valence-electron chi connectivity index (χ1n) is 5.14. The van der Waals surface area contributed by atoms with Gasteiger partial charge in [-0.15, -0.1) is 0 Å². The van der Waals surface area contributed by atoms with Crippen LogP contribution in [-0.2, 0) is 20.0 Å². The largest absolute Gasteiger partial charge is 0.240 e. The smallest absolute Gasteiger partial charge is 0.210 e. The molecule has 19 heavy (non-hydrogen) atoms. The lowest BCUT2D eigenvalue weighted by atomic mass is 10.4. The Labute approximate surface area is 117 Å². The van der Waals surface area contributed by atoms with Gasteiger partial charge >= 0.3 is 0 Å². The molecule has 0 amide bonds. The van der Waals surface area contributed by atoms with E-state index in [1.807, 2.05) is 0 Å². The second-order valence-corrected chi connectivity index (χ2v) is 7.38. The standard InChI is InChI=1S/C10H13ClN2O4S2/c1-2-18(14,15)12-6-7-13-19(16,17)10-5-3-4-9(11)8-10/h2-5,8,12-13H,1,6-7H2. The third-order valence-electron chi connectivity index (χ3n) is 2.05. The zero-order valence-corrected chi connectivity index (χ0v) is 12.2. The first-order valence-corrected chi connectivity index (χ1v) is 8.55. The Bertz CT molecular complexity index is 656. The third-order valence-corrected chi connectivity index (χ3v) is 4.79. The Balaban J connectivity index is 2.60. The monoisotopic (exact) mass is 324 g/mol. The van der Waals surface area contributed by atoms with E-state index in [9.17, 15) is 16.8 Å². The zero-order chi connectivity index (χ0) is 14.5. The molecule has 0 aliphatic carbocycles. The molecule has 0 bridgehead atoms. The van der Waals surface area contributed by atoms with E-state index in [1.165, 1.54) is 18.2 Å². The van der Waals surface area contributed by atoms with Crippen molar-refractivity contribution in [1.29, 1.82) is 0 Å². The Kier molecular flexibility index (Phi) is 5.50. The lowest BCUT2D eigenvalue weighted by Crippen LogP contribution is -2.33. The van der Waals surface area contributed by atoms with Gasteiger partial charge < -0.3 is 0 Å². The van der Waals surface area contributed by atoms with Gasteiger partial charge in [0.15, 0.2) is 0 Å². The number of hydrogen-bond donors (Lipinski definition) is 2. The Morgan fingerprint density at radius 2 is 1.79 bits per heavy atom. The molecule has 0 unspecified atom stereocenters. The second kappa shape index (κ2) is 6.49. The predicted octanol–water partition coefficient (Wildman–Crippen LogP) is 0.681. The molecule has 2 N–H and O–H groups in total. The number of hydrogen-bond acceptors (Lipinski definition) is 4. The van der Waals surface area contributed by atoms with Gasteiger partial charge in [0.05, 0.1) is 4.90 Å². The predicted molar refractivity (Wildman–Crippen MR) is 73.8 cm³/mol. The van der Waals surface area contributed by atoms with Gasteiger partial charge in [-0.2, -0.15) is 0 Å². The van der Waals surface area contributed by atoms with Crippen molar-refractivity contribution in [3.8, 4) is 0 Å². The third kappa shape index (κ3) is 5.29. The number of halogens is 1. The van der Waals surface area contributed by atoms with Crippen molar-refractivity contribution >= 4 is 31.6 Å². The minimum absolute atomic E-state index is 0.0200. The average Bonchev–Trinajstić information content (AvgIpc) is 2.35. The van der Waals surface area contributed by atoms with Gasteiger partial charge in [-0.25, -0.2) is 26.3 Å². The van der Waals surface area contributed by atoms with Crippen molar-refractivity contribution in [2.24, 2.45) is 0 Å². The molecule has 0 aliphatic heterocycles. The maximum Gasteiger partial charge on any atom is 0.240 e. The van der Waals surface area contributed by atoms with Gasteiger partial charge in [-0.3, -0.25) is 0 Å². The number of sulfonamides is 2. The summed E-state index contributed by atoms with van der Waals surface area (Å²) in [6.07, 6.45) is 0. The van der Waals surface area contributed by atoms with E-state index in [1.54, 1.807) is 6.07 Å². The lowest BCUT2D eigenvalue weighted by Gasteiger charge is -2.07. The van der Waals surface area contributed by atoms with Crippen molar-refractivity contribution < 1.29 is 16.8 Å². The molecule has 0 heterocycles. The summed E-state index contributed by atoms with van der Waals surface area (Å²) in [4.78, 5) is 0.0200. The molecule has 1 rings (SSSR count). The summed E-state index contributed by atoms with van der Waals surface area (Å²) in [5.41, 5.74) is 0. The van der Waals surface area contributed by atoms with E-state index in [0.29, 0.717) is 5.02 Å². The molecule has 9 heteroatoms. The van der Waals surface area contributed by atoms with Crippen molar-refractivity contribution in [1.82, 2.24) is 9.44 Å². The normalized spacial score (nSPS) is 12.3. The summed E-state index contributed by atoms with van der Waals surface area (Å²) in [6.45, 7) is 2.96. The fourth-order valence-electron chi connectivity index (χ4n) is 1.16. The molecule has 0 radical (unpaired) electrons. The Hall–Kier alpha value is -0.930. The van der Waals surface area contributed by atoms with Gasteiger partial charge in [0.2, 0.25) is 20.0 Å². The van der Waals surface area contributed by atoms with Crippen LogP contribution in [0.4, 0.5) is 0 Å². The highest BCUT2D eigenvalue weighted by Gasteiger charge is 2.13. The van der Waals surface area contributed by atoms with Crippen molar-refractivity contribution in [3.05, 3.63) is 41.3 Å². The van der Waals surface area contributed by atoms with Crippen LogP contribution >= 0.6 is 11.6 Å². The van der Waals surface area contributed by atoms with Crippen molar-refractivity contribution in [2.75, 3.05) is 13.1 Å². The molecule has 0 saturated heterocycles. The van der Waals surface area contributed by atoms with Crippen LogP contribution in [0.2, 0.25) is 5.02 Å². The van der Waals surface area contributed by atoms with Gasteiger partial charge in [0.25, 0.3) is 0 Å². The molecule has 106 valence electrons. The molecular formula is C10H13ClN2O4S2. The molecule has 6 nitrogen and oxygen atoms in total. The minimum atomic E-state index is -3.70. The molecule has 0 saturated carbocycles. The van der Waals surface area contributed by atoms with Crippen LogP contribution in [0.1, 0.15) is 0 Å². The minimum Gasteiger partial charge on any atom is -0.210 e. The van der Waals surface area contributed by atoms with Crippen LogP contribution in [0.25, 0.3) is 0 Å². The summed E-state index contributed by atoms with van der Waals surface area (Å²) < 4.78 is 50.0. The zero-order valence-electron chi connectivity index (χ0n) is 9.84. The number of benzene rings is 1. The average molecular weight is 325 g/mol. The number of rotatable bonds is 7. The van der Waals surface area contributed by atoms with Gasteiger partial charge in [0.1, 0.15) is 0 Å². The lowest BCUT2D eigenvalue weighted by molar-refractivity contribution is 0.574. The molecule has 1 aromatic rings. The molecule has 0 atom stereocenters. The van der Waals surface area contributed by atoms with E-state index in [2.05, 4.69) is 16.0 Å². The van der Waals surface area contributed by atoms with E-state index in [0.717, 1.165) is 5.41 Å². The Morgan fingerprint density at radius 1 is 1.16 bits per heavy atom. The molecule has 0 aromatic heterocycles. The van der Waals surface area contributed by atoms with Crippen LogP contribution in [0.3, 0.4) is 0 Å². The van der Waals surface area contributed by atoms with Gasteiger partial charge in [0, 0.05) is 23.5 Å². The highest BCUT2D eigenvalue weighted by molar-refractivity contribution is 7.92. The molecular weight excluding hydrogens is 312 g/mol. The molecule has 0 aliphatic rings. The quantitative estimate of drug-likeness (QED) is 0.721. The van der Waals surface area contributed by atoms with E-state index < -0.39 is 20.0 Å². The van der Waals surface area contributed by atoms with Crippen LogP contribution in [-0.4, -0.2) is 29.9 Å². The van der Waals surface area contributed by atoms with E-state index in [-0.39, 0.29) is 18.0 Å². The molecule has 0 spiro atoms. The van der Waals surface area contributed by atoms with Crippen LogP contribution in [0.15, 0.2) is 41.1 Å². The van der Waals surface area contributed by atoms with Crippen LogP contribution in [0, 0.1) is 0 Å². The fourth-order valence-corrected chi connectivity index (χ4v) is 2.99. The van der Waals surface area contributed by atoms with Gasteiger partial charge in [-0.05, 0) is 18.2 Å². The molecule has 0 fully saturated rings. The van der Waals surface area contributed by atoms with E-state index in [4.69, 9.17) is 11.6 Å². The maximum atomic E-state index is 11.8. The summed E-state index contributed by atoms with van der Waals surface area (Å²) in [7, 11) is -7.25. The maximum absolute atomic E-state index is 11.8. The first kappa shape index (κ1) is 16.1. The second-order valence-electron chi connectivity index (χ2n) is 3.46. The van der Waals surface area contributed by atoms with Crippen LogP contribution in [0.5, 0.6) is 0 Å². The number of nitrogens with one attached hydrogen (secondary N) is 2. The Morgan fingerprint density at radius 3 is 2.37 bits per heavy atom. The summed E-state index contributed by atoms with van der Waals surface area (Å²) in [5, 5.41) is 1.05. The SMILES string of the molecule is C=CS(=O)(=O)NCCNS(=O)(=O)c1cccc(Cl)c1. The van der Waals surface area contributed by atoms with Crippen molar-refractivity contribution in [2.45, 2.75) is 4.90 Å². The highest BCUT2D eigenvalue weighted by Crippen LogP contribution is 2.14. The fraction of sp³-hybridized carbons (Fsp3) is 0.200. The summed E-state index contributed by atoms with van der Waals surface area (Å²) in [6, 6.07) is 5.76.